The van der Waals surface area contributed by atoms with Crippen molar-refractivity contribution in [3.8, 4) is 0 Å². The van der Waals surface area contributed by atoms with Crippen LogP contribution in [0.1, 0.15) is 17.6 Å². The lowest BCUT2D eigenvalue weighted by Gasteiger charge is -2.32. The summed E-state index contributed by atoms with van der Waals surface area (Å²) in [6.07, 6.45) is 1.65. The van der Waals surface area contributed by atoms with E-state index in [0.29, 0.717) is 30.8 Å². The lowest BCUT2D eigenvalue weighted by atomic mass is 10.2. The van der Waals surface area contributed by atoms with Gasteiger partial charge in [-0.2, -0.15) is 0 Å². The molecule has 26 heavy (non-hydrogen) atoms. The normalized spacial score (nSPS) is 17.8. The number of oxazole rings is 1. The monoisotopic (exact) mass is 356 g/mol. The van der Waals surface area contributed by atoms with E-state index in [-0.39, 0.29) is 18.6 Å². The Balaban J connectivity index is 1.53. The maximum absolute atomic E-state index is 12.8. The molecule has 0 aliphatic carbocycles. The summed E-state index contributed by atoms with van der Waals surface area (Å²) in [6, 6.07) is 7.09. The summed E-state index contributed by atoms with van der Waals surface area (Å²) in [6.45, 7) is 3.20. The number of para-hydroxylation sites is 2. The molecule has 136 valence electrons. The van der Waals surface area contributed by atoms with Gasteiger partial charge in [0.25, 0.3) is 0 Å². The molecule has 3 aromatic rings. The maximum Gasteiger partial charge on any atom is 0.420 e. The Kier molecular flexibility index (Phi) is 4.12. The number of rotatable bonds is 3. The average molecular weight is 356 g/mol. The van der Waals surface area contributed by atoms with Crippen LogP contribution in [0.2, 0.25) is 0 Å². The Labute approximate surface area is 149 Å². The quantitative estimate of drug-likeness (QED) is 0.705. The largest absolute Gasteiger partial charge is 0.420 e. The van der Waals surface area contributed by atoms with E-state index in [0.717, 1.165) is 11.5 Å². The number of morpholine rings is 1. The standard InChI is InChI=1S/C18H20N4O4/c1-12-9-20(2)17(19-12)15-10-21(7-8-25-15)16(23)11-22-13-5-3-4-6-14(13)26-18(22)24/h3-6,9,15H,7-8,10-11H2,1-2H3/t15-/m0/s1. The van der Waals surface area contributed by atoms with Gasteiger partial charge in [-0.1, -0.05) is 12.1 Å². The molecule has 2 aromatic heterocycles. The second-order valence-corrected chi connectivity index (χ2v) is 6.47. The van der Waals surface area contributed by atoms with E-state index < -0.39 is 5.76 Å². The summed E-state index contributed by atoms with van der Waals surface area (Å²) < 4.78 is 14.3. The molecule has 1 aliphatic rings. The first kappa shape index (κ1) is 16.6. The third-order valence-corrected chi connectivity index (χ3v) is 4.61. The fourth-order valence-corrected chi connectivity index (χ4v) is 3.36. The number of carbonyl (C=O) groups is 1. The first-order valence-corrected chi connectivity index (χ1v) is 8.50. The lowest BCUT2D eigenvalue weighted by Crippen LogP contribution is -2.44. The Morgan fingerprint density at radius 3 is 2.92 bits per heavy atom. The number of hydrogen-bond donors (Lipinski definition) is 0. The number of ether oxygens (including phenoxy) is 1. The van der Waals surface area contributed by atoms with Crippen molar-refractivity contribution in [3.05, 3.63) is 52.5 Å². The van der Waals surface area contributed by atoms with Crippen molar-refractivity contribution in [1.82, 2.24) is 19.0 Å². The molecule has 1 aromatic carbocycles. The fourth-order valence-electron chi connectivity index (χ4n) is 3.36. The molecular weight excluding hydrogens is 336 g/mol. The van der Waals surface area contributed by atoms with Crippen LogP contribution in [0.5, 0.6) is 0 Å². The number of imidazole rings is 1. The van der Waals surface area contributed by atoms with Gasteiger partial charge in [0.1, 0.15) is 18.5 Å². The first-order chi connectivity index (χ1) is 12.5. The van der Waals surface area contributed by atoms with Gasteiger partial charge in [-0.25, -0.2) is 9.78 Å². The van der Waals surface area contributed by atoms with Gasteiger partial charge in [0.15, 0.2) is 5.58 Å². The Hall–Kier alpha value is -2.87. The van der Waals surface area contributed by atoms with Crippen LogP contribution in [-0.2, 0) is 23.1 Å². The zero-order valence-corrected chi connectivity index (χ0v) is 14.7. The molecule has 0 N–H and O–H groups in total. The highest BCUT2D eigenvalue weighted by molar-refractivity contribution is 5.79. The van der Waals surface area contributed by atoms with Gasteiger partial charge in [0.2, 0.25) is 5.91 Å². The van der Waals surface area contributed by atoms with E-state index in [4.69, 9.17) is 9.15 Å². The zero-order valence-electron chi connectivity index (χ0n) is 14.7. The second-order valence-electron chi connectivity index (χ2n) is 6.47. The predicted octanol–water partition coefficient (Wildman–Crippen LogP) is 1.24. The summed E-state index contributed by atoms with van der Waals surface area (Å²) >= 11 is 0. The third-order valence-electron chi connectivity index (χ3n) is 4.61. The molecule has 1 atom stereocenters. The van der Waals surface area contributed by atoms with Crippen molar-refractivity contribution in [2.75, 3.05) is 19.7 Å². The predicted molar refractivity (Wildman–Crippen MR) is 93.7 cm³/mol. The van der Waals surface area contributed by atoms with Gasteiger partial charge in [-0.3, -0.25) is 9.36 Å². The van der Waals surface area contributed by atoms with Crippen molar-refractivity contribution in [1.29, 1.82) is 0 Å². The molecule has 0 spiro atoms. The van der Waals surface area contributed by atoms with Gasteiger partial charge in [-0.15, -0.1) is 0 Å². The molecule has 0 unspecified atom stereocenters. The van der Waals surface area contributed by atoms with Gasteiger partial charge >= 0.3 is 5.76 Å². The molecule has 8 heteroatoms. The molecule has 4 rings (SSSR count). The summed E-state index contributed by atoms with van der Waals surface area (Å²) in [4.78, 5) is 31.1. The van der Waals surface area contributed by atoms with Gasteiger partial charge in [-0.05, 0) is 19.1 Å². The number of amides is 1. The second kappa shape index (κ2) is 6.45. The van der Waals surface area contributed by atoms with Crippen molar-refractivity contribution in [2.24, 2.45) is 7.05 Å². The van der Waals surface area contributed by atoms with Gasteiger partial charge in [0.05, 0.1) is 24.4 Å². The zero-order chi connectivity index (χ0) is 18.3. The Bertz CT molecular complexity index is 1020. The number of fused-ring (bicyclic) bond motifs is 1. The molecule has 1 fully saturated rings. The van der Waals surface area contributed by atoms with Crippen LogP contribution in [0.4, 0.5) is 0 Å². The molecule has 3 heterocycles. The number of benzene rings is 1. The van der Waals surface area contributed by atoms with Gasteiger partial charge < -0.3 is 18.6 Å². The number of nitrogens with zero attached hydrogens (tertiary/aromatic N) is 4. The highest BCUT2D eigenvalue weighted by Gasteiger charge is 2.28. The number of aryl methyl sites for hydroxylation is 2. The molecule has 1 aliphatic heterocycles. The minimum absolute atomic E-state index is 0.0534. The number of carbonyl (C=O) groups excluding carboxylic acids is 1. The first-order valence-electron chi connectivity index (χ1n) is 8.50. The van der Waals surface area contributed by atoms with E-state index in [9.17, 15) is 9.59 Å². The Morgan fingerprint density at radius 1 is 1.35 bits per heavy atom. The number of hydrogen-bond acceptors (Lipinski definition) is 5. The van der Waals surface area contributed by atoms with Crippen molar-refractivity contribution in [2.45, 2.75) is 19.6 Å². The maximum atomic E-state index is 12.8. The van der Waals surface area contributed by atoms with Crippen molar-refractivity contribution in [3.63, 3.8) is 0 Å². The minimum atomic E-state index is -0.524. The van der Waals surface area contributed by atoms with Crippen LogP contribution in [0.15, 0.2) is 39.7 Å². The summed E-state index contributed by atoms with van der Waals surface area (Å²) in [5, 5.41) is 0. The topological polar surface area (TPSA) is 82.5 Å². The van der Waals surface area contributed by atoms with Crippen molar-refractivity contribution >= 4 is 17.0 Å². The van der Waals surface area contributed by atoms with E-state index in [1.807, 2.05) is 30.8 Å². The average Bonchev–Trinajstić information content (AvgIpc) is 3.14. The minimum Gasteiger partial charge on any atom is -0.408 e. The van der Waals surface area contributed by atoms with E-state index in [2.05, 4.69) is 4.98 Å². The van der Waals surface area contributed by atoms with E-state index >= 15 is 0 Å². The van der Waals surface area contributed by atoms with Gasteiger partial charge in [0, 0.05) is 19.8 Å². The third kappa shape index (κ3) is 2.92. The molecule has 0 bridgehead atoms. The molecule has 1 saturated heterocycles. The van der Waals surface area contributed by atoms with Crippen LogP contribution in [-0.4, -0.2) is 44.6 Å². The molecule has 1 amide bonds. The highest BCUT2D eigenvalue weighted by atomic mass is 16.5. The smallest absolute Gasteiger partial charge is 0.408 e. The Morgan fingerprint density at radius 2 is 2.15 bits per heavy atom. The molecule has 0 radical (unpaired) electrons. The summed E-state index contributed by atoms with van der Waals surface area (Å²) in [7, 11) is 1.91. The van der Waals surface area contributed by atoms with E-state index in [1.54, 1.807) is 23.1 Å². The summed E-state index contributed by atoms with van der Waals surface area (Å²) in [5.41, 5.74) is 2.01. The lowest BCUT2D eigenvalue weighted by molar-refractivity contribution is -0.140. The van der Waals surface area contributed by atoms with Crippen LogP contribution in [0.25, 0.3) is 11.1 Å². The van der Waals surface area contributed by atoms with Crippen LogP contribution in [0.3, 0.4) is 0 Å². The fraction of sp³-hybridized carbons (Fsp3) is 0.389. The van der Waals surface area contributed by atoms with Crippen molar-refractivity contribution < 1.29 is 13.9 Å². The molecule has 0 saturated carbocycles. The highest BCUT2D eigenvalue weighted by Crippen LogP contribution is 2.22. The van der Waals surface area contributed by atoms with Crippen LogP contribution >= 0.6 is 0 Å². The van der Waals surface area contributed by atoms with Crippen LogP contribution < -0.4 is 5.76 Å². The molecule has 8 nitrogen and oxygen atoms in total. The summed E-state index contributed by atoms with van der Waals surface area (Å²) in [5.74, 6) is 0.132. The van der Waals surface area contributed by atoms with E-state index in [1.165, 1.54) is 4.57 Å². The number of aromatic nitrogens is 3. The SMILES string of the molecule is Cc1cn(C)c([C@@H]2CN(C(=O)Cn3c(=O)oc4ccccc43)CCO2)n1. The van der Waals surface area contributed by atoms with Crippen LogP contribution in [0, 0.1) is 6.92 Å². The molecular formula is C18H20N4O4.